The van der Waals surface area contributed by atoms with E-state index in [4.69, 9.17) is 4.74 Å². The fourth-order valence-electron chi connectivity index (χ4n) is 3.93. The van der Waals surface area contributed by atoms with Gasteiger partial charge in [0, 0.05) is 12.5 Å². The number of allylic oxidation sites excluding steroid dienone is 2. The van der Waals surface area contributed by atoms with Crippen molar-refractivity contribution in [2.45, 2.75) is 44.7 Å². The van der Waals surface area contributed by atoms with Gasteiger partial charge in [-0.25, -0.2) is 0 Å². The summed E-state index contributed by atoms with van der Waals surface area (Å²) in [5.74, 6) is -2.09. The molecule has 0 radical (unpaired) electrons. The molecule has 2 aromatic rings. The second-order valence-corrected chi connectivity index (χ2v) is 9.09. The molecule has 0 aliphatic carbocycles. The van der Waals surface area contributed by atoms with Gasteiger partial charge in [-0.15, -0.1) is 13.2 Å². The highest BCUT2D eigenvalue weighted by molar-refractivity contribution is 5.86. The fourth-order valence-corrected chi connectivity index (χ4v) is 3.93. The first-order valence-electron chi connectivity index (χ1n) is 12.6. The van der Waals surface area contributed by atoms with Crippen molar-refractivity contribution < 1.29 is 24.2 Å². The zero-order chi connectivity index (χ0) is 27.0. The van der Waals surface area contributed by atoms with Crippen LogP contribution in [0.3, 0.4) is 0 Å². The van der Waals surface area contributed by atoms with Crippen LogP contribution in [0.4, 0.5) is 0 Å². The minimum Gasteiger partial charge on any atom is -0.463 e. The number of amides is 2. The van der Waals surface area contributed by atoms with Gasteiger partial charge in [0.2, 0.25) is 11.8 Å². The predicted molar refractivity (Wildman–Crippen MR) is 144 cm³/mol. The summed E-state index contributed by atoms with van der Waals surface area (Å²) < 4.78 is 5.71. The molecule has 7 heteroatoms. The Balaban J connectivity index is 2.11. The molecule has 0 saturated heterocycles. The minimum atomic E-state index is -0.656. The predicted octanol–water partition coefficient (Wildman–Crippen LogP) is 3.90. The molecular formula is C30H38N2O5. The van der Waals surface area contributed by atoms with Crippen molar-refractivity contribution in [1.82, 2.24) is 10.6 Å². The molecule has 0 aliphatic heterocycles. The van der Waals surface area contributed by atoms with E-state index in [-0.39, 0.29) is 37.4 Å². The average molecular weight is 507 g/mol. The highest BCUT2D eigenvalue weighted by Gasteiger charge is 2.26. The number of aliphatic hydroxyl groups excluding tert-OH is 1. The first kappa shape index (κ1) is 29.5. The number of ether oxygens (including phenoxy) is 1. The molecule has 0 bridgehead atoms. The number of rotatable bonds is 16. The zero-order valence-corrected chi connectivity index (χ0v) is 21.5. The summed E-state index contributed by atoms with van der Waals surface area (Å²) in [5.41, 5.74) is 1.81. The maximum Gasteiger partial charge on any atom is 0.309 e. The quantitative estimate of drug-likeness (QED) is 0.237. The summed E-state index contributed by atoms with van der Waals surface area (Å²) in [6.07, 6.45) is 4.53. The maximum absolute atomic E-state index is 13.2. The van der Waals surface area contributed by atoms with E-state index in [1.54, 1.807) is 19.1 Å². The smallest absolute Gasteiger partial charge is 0.309 e. The lowest BCUT2D eigenvalue weighted by Gasteiger charge is -2.24. The van der Waals surface area contributed by atoms with Crippen LogP contribution < -0.4 is 10.6 Å². The van der Waals surface area contributed by atoms with Gasteiger partial charge in [0.15, 0.2) is 0 Å². The number of esters is 1. The van der Waals surface area contributed by atoms with Crippen LogP contribution in [0, 0.1) is 11.8 Å². The molecule has 4 atom stereocenters. The first-order chi connectivity index (χ1) is 17.9. The summed E-state index contributed by atoms with van der Waals surface area (Å²) in [7, 11) is 0. The largest absolute Gasteiger partial charge is 0.463 e. The van der Waals surface area contributed by atoms with Crippen LogP contribution in [-0.4, -0.2) is 42.1 Å². The van der Waals surface area contributed by atoms with Crippen LogP contribution in [0.2, 0.25) is 0 Å². The molecule has 2 aromatic carbocycles. The molecule has 7 nitrogen and oxygen atoms in total. The van der Waals surface area contributed by atoms with E-state index >= 15 is 0 Å². The summed E-state index contributed by atoms with van der Waals surface area (Å²) in [5, 5.41) is 14.8. The van der Waals surface area contributed by atoms with Crippen LogP contribution in [0.15, 0.2) is 86.0 Å². The molecule has 0 spiro atoms. The number of hydrogen-bond donors (Lipinski definition) is 3. The van der Waals surface area contributed by atoms with Gasteiger partial charge in [0.1, 0.15) is 6.61 Å². The lowest BCUT2D eigenvalue weighted by Crippen LogP contribution is -2.41. The zero-order valence-electron chi connectivity index (χ0n) is 21.5. The van der Waals surface area contributed by atoms with E-state index in [9.17, 15) is 19.5 Å². The molecule has 2 rings (SSSR count). The van der Waals surface area contributed by atoms with E-state index in [0.717, 1.165) is 11.1 Å². The van der Waals surface area contributed by atoms with Crippen LogP contribution in [0.25, 0.3) is 0 Å². The van der Waals surface area contributed by atoms with Crippen LogP contribution in [-0.2, 0) is 25.5 Å². The monoisotopic (exact) mass is 506 g/mol. The second kappa shape index (κ2) is 16.1. The van der Waals surface area contributed by atoms with E-state index in [2.05, 4.69) is 23.8 Å². The number of carbonyl (C=O) groups excluding carboxylic acids is 3. The lowest BCUT2D eigenvalue weighted by molar-refractivity contribution is -0.150. The first-order valence-corrected chi connectivity index (χ1v) is 12.6. The number of aliphatic hydroxyl groups is 1. The van der Waals surface area contributed by atoms with Gasteiger partial charge in [0.25, 0.3) is 0 Å². The summed E-state index contributed by atoms with van der Waals surface area (Å²) >= 11 is 0. The van der Waals surface area contributed by atoms with Crippen molar-refractivity contribution in [3.8, 4) is 0 Å². The normalized spacial score (nSPS) is 13.9. The Kier molecular flexibility index (Phi) is 12.9. The molecular weight excluding hydrogens is 468 g/mol. The maximum atomic E-state index is 13.2. The third-order valence-corrected chi connectivity index (χ3v) is 5.96. The topological polar surface area (TPSA) is 105 Å². The highest BCUT2D eigenvalue weighted by atomic mass is 16.5. The van der Waals surface area contributed by atoms with E-state index < -0.39 is 23.9 Å². The van der Waals surface area contributed by atoms with Crippen LogP contribution in [0.1, 0.15) is 43.4 Å². The van der Waals surface area contributed by atoms with Gasteiger partial charge >= 0.3 is 5.97 Å². The van der Waals surface area contributed by atoms with Crippen molar-refractivity contribution in [2.24, 2.45) is 11.8 Å². The molecule has 3 N–H and O–H groups in total. The van der Waals surface area contributed by atoms with Gasteiger partial charge in [-0.2, -0.15) is 0 Å². The van der Waals surface area contributed by atoms with Gasteiger partial charge in [0.05, 0.1) is 24.5 Å². The summed E-state index contributed by atoms with van der Waals surface area (Å²) in [4.78, 5) is 38.5. The van der Waals surface area contributed by atoms with Gasteiger partial charge in [-0.1, -0.05) is 72.8 Å². The molecule has 0 unspecified atom stereocenters. The molecule has 2 amide bonds. The van der Waals surface area contributed by atoms with E-state index in [1.807, 2.05) is 60.7 Å². The van der Waals surface area contributed by atoms with Gasteiger partial charge < -0.3 is 20.5 Å². The van der Waals surface area contributed by atoms with Crippen molar-refractivity contribution in [2.75, 3.05) is 13.2 Å². The Morgan fingerprint density at radius 2 is 1.51 bits per heavy atom. The number of carbonyl (C=O) groups is 3. The van der Waals surface area contributed by atoms with Crippen LogP contribution in [0.5, 0.6) is 0 Å². The highest BCUT2D eigenvalue weighted by Crippen LogP contribution is 2.20. The lowest BCUT2D eigenvalue weighted by atomic mass is 9.96. The molecule has 0 saturated carbocycles. The SMILES string of the molecule is C=CC[C@@H](CC(=O)N[C@@H](C)CO)C(=O)N[C@H](COC(=O)[C@@H](CC=C)Cc1ccccc1)c1ccccc1. The number of nitrogens with one attached hydrogen (secondary N) is 2. The Morgan fingerprint density at radius 1 is 0.919 bits per heavy atom. The van der Waals surface area contributed by atoms with E-state index in [0.29, 0.717) is 19.3 Å². The van der Waals surface area contributed by atoms with E-state index in [1.165, 1.54) is 0 Å². The minimum absolute atomic E-state index is 0.0500. The number of hydrogen-bond acceptors (Lipinski definition) is 5. The Labute approximate surface area is 219 Å². The average Bonchev–Trinajstić information content (AvgIpc) is 2.91. The molecule has 0 aromatic heterocycles. The van der Waals surface area contributed by atoms with Gasteiger partial charge in [-0.05, 0) is 37.3 Å². The fraction of sp³-hybridized carbons (Fsp3) is 0.367. The number of benzene rings is 2. The van der Waals surface area contributed by atoms with Crippen LogP contribution >= 0.6 is 0 Å². The van der Waals surface area contributed by atoms with Crippen molar-refractivity contribution >= 4 is 17.8 Å². The van der Waals surface area contributed by atoms with Crippen molar-refractivity contribution in [3.05, 3.63) is 97.1 Å². The van der Waals surface area contributed by atoms with Crippen molar-refractivity contribution in [1.29, 1.82) is 0 Å². The van der Waals surface area contributed by atoms with Gasteiger partial charge in [-0.3, -0.25) is 14.4 Å². The summed E-state index contributed by atoms with van der Waals surface area (Å²) in [6, 6.07) is 18.0. The van der Waals surface area contributed by atoms with Crippen molar-refractivity contribution in [3.63, 3.8) is 0 Å². The molecule has 0 fully saturated rings. The molecule has 198 valence electrons. The molecule has 37 heavy (non-hydrogen) atoms. The third-order valence-electron chi connectivity index (χ3n) is 5.96. The molecule has 0 heterocycles. The Hall–Kier alpha value is -3.71. The second-order valence-electron chi connectivity index (χ2n) is 9.09. The summed E-state index contributed by atoms with van der Waals surface area (Å²) in [6.45, 7) is 8.91. The Morgan fingerprint density at radius 3 is 2.11 bits per heavy atom. The third kappa shape index (κ3) is 10.4. The molecule has 0 aliphatic rings. The standard InChI is InChI=1S/C30H38N2O5/c1-4-12-25(19-28(34)31-22(3)20-33)29(35)32-27(24-16-10-7-11-17-24)21-37-30(36)26(13-5-2)18-23-14-8-6-9-15-23/h4-11,14-17,22,25-27,33H,1-2,12-13,18-21H2,3H3,(H,31,34)(H,32,35)/t22-,25-,26-,27+/m0/s1. The Bertz CT molecular complexity index is 1010.